The van der Waals surface area contributed by atoms with Gasteiger partial charge in [-0.05, 0) is 23.6 Å². The molecule has 0 amide bonds. The van der Waals surface area contributed by atoms with Gasteiger partial charge in [-0.15, -0.1) is 0 Å². The van der Waals surface area contributed by atoms with Gasteiger partial charge in [-0.1, -0.05) is 84.9 Å². The van der Waals surface area contributed by atoms with Gasteiger partial charge in [-0.2, -0.15) is 15.0 Å². The van der Waals surface area contributed by atoms with Crippen LogP contribution in [0.3, 0.4) is 0 Å². The molecule has 0 radical (unpaired) electrons. The minimum Gasteiger partial charge on any atom is -0.307 e. The fourth-order valence-electron chi connectivity index (χ4n) is 3.25. The van der Waals surface area contributed by atoms with E-state index >= 15 is 0 Å². The molecule has 0 bridgehead atoms. The molecular weight excluding hydrogens is 344 g/mol. The van der Waals surface area contributed by atoms with Gasteiger partial charge in [0.25, 0.3) is 0 Å². The van der Waals surface area contributed by atoms with E-state index in [-0.39, 0.29) is 0 Å². The van der Waals surface area contributed by atoms with Gasteiger partial charge in [0.15, 0.2) is 0 Å². The lowest BCUT2D eigenvalue weighted by molar-refractivity contribution is 0.575. The third-order valence-electron chi connectivity index (χ3n) is 4.81. The molecule has 0 spiro atoms. The van der Waals surface area contributed by atoms with Crippen molar-refractivity contribution in [2.24, 2.45) is 0 Å². The lowest BCUT2D eigenvalue weighted by Crippen LogP contribution is -2.14. The van der Waals surface area contributed by atoms with Crippen molar-refractivity contribution in [1.29, 1.82) is 0 Å². The molecule has 0 saturated carbocycles. The molecule has 1 heterocycles. The number of rotatable bonds is 7. The van der Waals surface area contributed by atoms with E-state index in [1.165, 1.54) is 16.7 Å². The van der Waals surface area contributed by atoms with E-state index in [2.05, 4.69) is 72.9 Å². The highest BCUT2D eigenvalue weighted by atomic mass is 15.5. The molecule has 1 N–H and O–H groups in total. The number of hydrogen-bond acceptors (Lipinski definition) is 3. The molecule has 0 unspecified atom stereocenters. The fourth-order valence-corrected chi connectivity index (χ4v) is 3.25. The minimum atomic E-state index is 0.672. The first-order valence-electron chi connectivity index (χ1n) is 9.58. The van der Waals surface area contributed by atoms with E-state index in [0.717, 1.165) is 23.5 Å². The summed E-state index contributed by atoms with van der Waals surface area (Å²) in [4.78, 5) is 1.81. The first-order valence-corrected chi connectivity index (χ1v) is 9.58. The van der Waals surface area contributed by atoms with Crippen molar-refractivity contribution in [2.45, 2.75) is 26.6 Å². The Morgan fingerprint density at radius 2 is 1.43 bits per heavy atom. The Morgan fingerprint density at radius 1 is 0.750 bits per heavy atom. The van der Waals surface area contributed by atoms with Crippen LogP contribution in [-0.2, 0) is 19.6 Å². The zero-order valence-electron chi connectivity index (χ0n) is 16.0. The van der Waals surface area contributed by atoms with Gasteiger partial charge in [0.2, 0.25) is 0 Å². The smallest absolute Gasteiger partial charge is 0.117 e. The summed E-state index contributed by atoms with van der Waals surface area (Å²) in [6.07, 6.45) is 0. The van der Waals surface area contributed by atoms with E-state index in [4.69, 9.17) is 10.2 Å². The van der Waals surface area contributed by atoms with Crippen LogP contribution in [0.15, 0.2) is 84.9 Å². The number of hydrogen-bond donors (Lipinski definition) is 1. The van der Waals surface area contributed by atoms with Crippen LogP contribution in [-0.4, -0.2) is 15.0 Å². The van der Waals surface area contributed by atoms with Crippen molar-refractivity contribution in [3.63, 3.8) is 0 Å². The number of nitrogens with one attached hydrogen (secondary N) is 1. The molecule has 140 valence electrons. The highest BCUT2D eigenvalue weighted by molar-refractivity contribution is 5.60. The first kappa shape index (κ1) is 18.1. The first-order chi connectivity index (χ1) is 13.8. The summed E-state index contributed by atoms with van der Waals surface area (Å²) >= 11 is 0. The molecule has 0 aliphatic rings. The summed E-state index contributed by atoms with van der Waals surface area (Å²) in [5, 5.41) is 13.1. The largest absolute Gasteiger partial charge is 0.307 e. The zero-order valence-corrected chi connectivity index (χ0v) is 16.0. The molecule has 0 aliphatic heterocycles. The van der Waals surface area contributed by atoms with E-state index in [1.54, 1.807) is 0 Å². The van der Waals surface area contributed by atoms with Crippen LogP contribution < -0.4 is 5.32 Å². The molecule has 28 heavy (non-hydrogen) atoms. The fraction of sp³-hybridized carbons (Fsp3) is 0.167. The highest BCUT2D eigenvalue weighted by Crippen LogP contribution is 2.21. The normalized spacial score (nSPS) is 10.9. The van der Waals surface area contributed by atoms with Crippen molar-refractivity contribution < 1.29 is 0 Å². The molecule has 4 heteroatoms. The maximum atomic E-state index is 4.81. The average molecular weight is 368 g/mol. The predicted octanol–water partition coefficient (Wildman–Crippen LogP) is 4.59. The van der Waals surface area contributed by atoms with Crippen molar-refractivity contribution in [3.8, 4) is 11.3 Å². The molecule has 0 atom stereocenters. The third kappa shape index (κ3) is 4.35. The van der Waals surface area contributed by atoms with Gasteiger partial charge >= 0.3 is 0 Å². The third-order valence-corrected chi connectivity index (χ3v) is 4.81. The molecule has 4 nitrogen and oxygen atoms in total. The van der Waals surface area contributed by atoms with Gasteiger partial charge < -0.3 is 5.32 Å². The molecule has 0 aliphatic carbocycles. The number of aryl methyl sites for hydroxylation is 1. The molecule has 0 fully saturated rings. The summed E-state index contributed by atoms with van der Waals surface area (Å²) in [7, 11) is 0. The molecule has 4 aromatic rings. The van der Waals surface area contributed by atoms with Gasteiger partial charge in [0, 0.05) is 18.7 Å². The van der Waals surface area contributed by atoms with Gasteiger partial charge in [-0.3, -0.25) is 0 Å². The summed E-state index contributed by atoms with van der Waals surface area (Å²) in [5.41, 5.74) is 6.75. The van der Waals surface area contributed by atoms with Crippen molar-refractivity contribution >= 4 is 0 Å². The zero-order chi connectivity index (χ0) is 19.2. The SMILES string of the molecule is Cc1ccccc1Cn1nc(CNCc2ccccc2)c(-c2ccccc2)n1. The van der Waals surface area contributed by atoms with Crippen LogP contribution in [0.4, 0.5) is 0 Å². The Hall–Kier alpha value is -3.24. The Balaban J connectivity index is 1.56. The number of benzene rings is 3. The monoisotopic (exact) mass is 368 g/mol. The van der Waals surface area contributed by atoms with Crippen LogP contribution in [0, 0.1) is 6.92 Å². The Kier molecular flexibility index (Phi) is 5.59. The summed E-state index contributed by atoms with van der Waals surface area (Å²) in [6, 6.07) is 29.1. The molecule has 0 saturated heterocycles. The molecular formula is C24H24N4. The van der Waals surface area contributed by atoms with Crippen LogP contribution in [0.5, 0.6) is 0 Å². The van der Waals surface area contributed by atoms with E-state index < -0.39 is 0 Å². The van der Waals surface area contributed by atoms with Gasteiger partial charge in [0.1, 0.15) is 11.4 Å². The topological polar surface area (TPSA) is 42.7 Å². The second-order valence-corrected chi connectivity index (χ2v) is 6.91. The second-order valence-electron chi connectivity index (χ2n) is 6.91. The quantitative estimate of drug-likeness (QED) is 0.519. The van der Waals surface area contributed by atoms with E-state index in [1.807, 2.05) is 29.1 Å². The summed E-state index contributed by atoms with van der Waals surface area (Å²) < 4.78 is 0. The Morgan fingerprint density at radius 3 is 2.18 bits per heavy atom. The number of aromatic nitrogens is 3. The lowest BCUT2D eigenvalue weighted by Gasteiger charge is -2.04. The van der Waals surface area contributed by atoms with Crippen LogP contribution >= 0.6 is 0 Å². The maximum absolute atomic E-state index is 4.81. The van der Waals surface area contributed by atoms with Crippen molar-refractivity contribution in [2.75, 3.05) is 0 Å². The summed E-state index contributed by atoms with van der Waals surface area (Å²) in [5.74, 6) is 0. The van der Waals surface area contributed by atoms with Crippen molar-refractivity contribution in [3.05, 3.63) is 107 Å². The average Bonchev–Trinajstić information content (AvgIpc) is 3.14. The predicted molar refractivity (Wildman–Crippen MR) is 113 cm³/mol. The maximum Gasteiger partial charge on any atom is 0.117 e. The Labute approximate surface area is 165 Å². The van der Waals surface area contributed by atoms with Crippen LogP contribution in [0.25, 0.3) is 11.3 Å². The van der Waals surface area contributed by atoms with Gasteiger partial charge in [-0.25, -0.2) is 0 Å². The van der Waals surface area contributed by atoms with Gasteiger partial charge in [0.05, 0.1) is 6.54 Å². The highest BCUT2D eigenvalue weighted by Gasteiger charge is 2.13. The van der Waals surface area contributed by atoms with Crippen LogP contribution in [0.1, 0.15) is 22.4 Å². The van der Waals surface area contributed by atoms with Crippen molar-refractivity contribution in [1.82, 2.24) is 20.3 Å². The van der Waals surface area contributed by atoms with Crippen LogP contribution in [0.2, 0.25) is 0 Å². The standard InChI is InChI=1S/C24H24N4/c1-19-10-8-9-15-22(19)18-28-26-23(17-25-16-20-11-4-2-5-12-20)24(27-28)21-13-6-3-7-14-21/h2-15,25H,16-18H2,1H3. The second kappa shape index (κ2) is 8.63. The molecule has 4 rings (SSSR count). The molecule has 3 aromatic carbocycles. The number of nitrogens with zero attached hydrogens (tertiary/aromatic N) is 3. The Bertz CT molecular complexity index is 1020. The van der Waals surface area contributed by atoms with E-state index in [9.17, 15) is 0 Å². The minimum absolute atomic E-state index is 0.672. The lowest BCUT2D eigenvalue weighted by atomic mass is 10.1. The van der Waals surface area contributed by atoms with E-state index in [0.29, 0.717) is 13.1 Å². The summed E-state index contributed by atoms with van der Waals surface area (Å²) in [6.45, 7) is 4.27. The molecule has 1 aromatic heterocycles.